The van der Waals surface area contributed by atoms with E-state index in [1.807, 2.05) is 12.1 Å². The van der Waals surface area contributed by atoms with Crippen molar-refractivity contribution in [3.05, 3.63) is 29.4 Å². The number of guanidine groups is 1. The smallest absolute Gasteiger partial charge is 0.246 e. The molecular formula is C16H24IN5O4. The average Bonchev–Trinajstić information content (AvgIpc) is 3.06. The fraction of sp³-hybridized carbons (Fsp3) is 0.438. The van der Waals surface area contributed by atoms with Crippen LogP contribution in [0.3, 0.4) is 0 Å². The predicted molar refractivity (Wildman–Crippen MR) is 108 cm³/mol. The van der Waals surface area contributed by atoms with Gasteiger partial charge in [-0.3, -0.25) is 4.99 Å². The van der Waals surface area contributed by atoms with Crippen molar-refractivity contribution < 1.29 is 18.7 Å². The van der Waals surface area contributed by atoms with Crippen molar-refractivity contribution in [3.63, 3.8) is 0 Å². The Kier molecular flexibility index (Phi) is 8.96. The molecule has 2 N–H and O–H groups in total. The maximum absolute atomic E-state index is 5.35. The molecule has 0 amide bonds. The van der Waals surface area contributed by atoms with Crippen molar-refractivity contribution in [1.29, 1.82) is 0 Å². The van der Waals surface area contributed by atoms with Crippen molar-refractivity contribution in [2.45, 2.75) is 20.0 Å². The SMILES string of the molecule is CN=C(NCc1cc(OC)c(OC)c(OC)c1)NCc1nc(C)no1.I. The largest absolute Gasteiger partial charge is 0.493 e. The molecule has 2 aromatic rings. The minimum absolute atomic E-state index is 0. The van der Waals surface area contributed by atoms with Gasteiger partial charge in [-0.05, 0) is 24.6 Å². The van der Waals surface area contributed by atoms with Crippen molar-refractivity contribution in [2.24, 2.45) is 4.99 Å². The van der Waals surface area contributed by atoms with Gasteiger partial charge in [0, 0.05) is 13.6 Å². The third kappa shape index (κ3) is 5.64. The number of aliphatic imine (C=N–C) groups is 1. The summed E-state index contributed by atoms with van der Waals surface area (Å²) in [6, 6.07) is 3.76. The number of halogens is 1. The van der Waals surface area contributed by atoms with Crippen LogP contribution in [0.5, 0.6) is 17.2 Å². The minimum Gasteiger partial charge on any atom is -0.493 e. The Morgan fingerprint density at radius 3 is 2.15 bits per heavy atom. The van der Waals surface area contributed by atoms with E-state index < -0.39 is 0 Å². The van der Waals surface area contributed by atoms with Gasteiger partial charge in [0.2, 0.25) is 11.6 Å². The predicted octanol–water partition coefficient (Wildman–Crippen LogP) is 1.89. The van der Waals surface area contributed by atoms with E-state index >= 15 is 0 Å². The monoisotopic (exact) mass is 477 g/mol. The molecule has 0 saturated heterocycles. The number of rotatable bonds is 7. The maximum atomic E-state index is 5.35. The van der Waals surface area contributed by atoms with Crippen LogP contribution in [0.15, 0.2) is 21.6 Å². The van der Waals surface area contributed by atoms with Crippen LogP contribution in [0.1, 0.15) is 17.3 Å². The van der Waals surface area contributed by atoms with Gasteiger partial charge >= 0.3 is 0 Å². The third-order valence-corrected chi connectivity index (χ3v) is 3.38. The molecule has 0 atom stereocenters. The molecule has 0 bridgehead atoms. The fourth-order valence-electron chi connectivity index (χ4n) is 2.22. The van der Waals surface area contributed by atoms with E-state index in [0.29, 0.717) is 48.0 Å². The molecule has 1 aromatic heterocycles. The first-order valence-corrected chi connectivity index (χ1v) is 7.63. The Labute approximate surface area is 169 Å². The van der Waals surface area contributed by atoms with Crippen LogP contribution >= 0.6 is 24.0 Å². The molecule has 0 saturated carbocycles. The van der Waals surface area contributed by atoms with Crippen LogP contribution in [-0.4, -0.2) is 44.5 Å². The van der Waals surface area contributed by atoms with Gasteiger partial charge in [-0.15, -0.1) is 24.0 Å². The number of nitrogens with zero attached hydrogens (tertiary/aromatic N) is 3. The molecule has 0 aliphatic rings. The molecule has 2 rings (SSSR count). The Morgan fingerprint density at radius 2 is 1.69 bits per heavy atom. The molecule has 26 heavy (non-hydrogen) atoms. The van der Waals surface area contributed by atoms with Gasteiger partial charge in [-0.2, -0.15) is 4.98 Å². The lowest BCUT2D eigenvalue weighted by Crippen LogP contribution is -2.36. The summed E-state index contributed by atoms with van der Waals surface area (Å²) in [7, 11) is 6.43. The molecule has 9 nitrogen and oxygen atoms in total. The van der Waals surface area contributed by atoms with Crippen molar-refractivity contribution in [3.8, 4) is 17.2 Å². The third-order valence-electron chi connectivity index (χ3n) is 3.38. The summed E-state index contributed by atoms with van der Waals surface area (Å²) in [4.78, 5) is 8.29. The summed E-state index contributed by atoms with van der Waals surface area (Å²) in [5.41, 5.74) is 0.950. The van der Waals surface area contributed by atoms with Crippen molar-refractivity contribution >= 4 is 29.9 Å². The average molecular weight is 477 g/mol. The van der Waals surface area contributed by atoms with E-state index in [-0.39, 0.29) is 24.0 Å². The molecule has 0 aliphatic carbocycles. The molecule has 1 aromatic carbocycles. The molecule has 0 radical (unpaired) electrons. The number of nitrogens with one attached hydrogen (secondary N) is 2. The molecule has 0 fully saturated rings. The Morgan fingerprint density at radius 1 is 1.08 bits per heavy atom. The maximum Gasteiger partial charge on any atom is 0.246 e. The summed E-state index contributed by atoms with van der Waals surface area (Å²) in [6.07, 6.45) is 0. The van der Waals surface area contributed by atoms with Crippen LogP contribution < -0.4 is 24.8 Å². The molecule has 0 unspecified atom stereocenters. The van der Waals surface area contributed by atoms with E-state index in [1.54, 1.807) is 35.3 Å². The van der Waals surface area contributed by atoms with Gasteiger partial charge in [-0.25, -0.2) is 0 Å². The van der Waals surface area contributed by atoms with Crippen LogP contribution in [-0.2, 0) is 13.1 Å². The topological polar surface area (TPSA) is 103 Å². The van der Waals surface area contributed by atoms with E-state index in [4.69, 9.17) is 18.7 Å². The van der Waals surface area contributed by atoms with E-state index in [2.05, 4.69) is 25.8 Å². The first-order valence-electron chi connectivity index (χ1n) is 7.63. The second kappa shape index (κ2) is 10.7. The highest BCUT2D eigenvalue weighted by Crippen LogP contribution is 2.38. The molecule has 0 aliphatic heterocycles. The van der Waals surface area contributed by atoms with Gasteiger partial charge in [0.25, 0.3) is 0 Å². The highest BCUT2D eigenvalue weighted by molar-refractivity contribution is 14.0. The summed E-state index contributed by atoms with van der Waals surface area (Å²) >= 11 is 0. The van der Waals surface area contributed by atoms with Crippen molar-refractivity contribution in [2.75, 3.05) is 28.4 Å². The summed E-state index contributed by atoms with van der Waals surface area (Å²) in [5, 5.41) is 10.0. The number of aromatic nitrogens is 2. The number of methoxy groups -OCH3 is 3. The molecule has 0 spiro atoms. The Balaban J connectivity index is 0.00000338. The van der Waals surface area contributed by atoms with Gasteiger partial charge < -0.3 is 29.4 Å². The van der Waals surface area contributed by atoms with Crippen molar-refractivity contribution in [1.82, 2.24) is 20.8 Å². The van der Waals surface area contributed by atoms with Gasteiger partial charge in [0.15, 0.2) is 23.3 Å². The second-order valence-corrected chi connectivity index (χ2v) is 5.05. The van der Waals surface area contributed by atoms with Crippen LogP contribution in [0.25, 0.3) is 0 Å². The lowest BCUT2D eigenvalue weighted by molar-refractivity contribution is 0.323. The zero-order valence-electron chi connectivity index (χ0n) is 15.5. The number of ether oxygens (including phenoxy) is 3. The van der Waals surface area contributed by atoms with E-state index in [0.717, 1.165) is 5.56 Å². The summed E-state index contributed by atoms with van der Waals surface area (Å²) in [6.45, 7) is 2.67. The number of aryl methyl sites for hydroxylation is 1. The Hall–Kier alpha value is -2.24. The first-order chi connectivity index (χ1) is 12.1. The normalized spacial score (nSPS) is 10.7. The summed E-state index contributed by atoms with van der Waals surface area (Å²) in [5.74, 6) is 3.45. The molecule has 144 valence electrons. The minimum atomic E-state index is 0. The van der Waals surface area contributed by atoms with Gasteiger partial charge in [-0.1, -0.05) is 5.16 Å². The van der Waals surface area contributed by atoms with Crippen LogP contribution in [0, 0.1) is 6.92 Å². The zero-order valence-corrected chi connectivity index (χ0v) is 17.8. The standard InChI is InChI=1S/C16H23N5O4.HI/c1-10-20-14(25-21-10)9-19-16(17-2)18-8-11-6-12(22-3)15(24-5)13(7-11)23-4;/h6-7H,8-9H2,1-5H3,(H2,17,18,19);1H. The lowest BCUT2D eigenvalue weighted by atomic mass is 10.2. The molecule has 10 heteroatoms. The quantitative estimate of drug-likeness (QED) is 0.354. The first kappa shape index (κ1) is 21.8. The molecule has 1 heterocycles. The molecular weight excluding hydrogens is 453 g/mol. The fourth-order valence-corrected chi connectivity index (χ4v) is 2.22. The number of hydrogen-bond donors (Lipinski definition) is 2. The zero-order chi connectivity index (χ0) is 18.2. The van der Waals surface area contributed by atoms with E-state index in [9.17, 15) is 0 Å². The Bertz CT molecular complexity index is 710. The van der Waals surface area contributed by atoms with Crippen LogP contribution in [0.4, 0.5) is 0 Å². The number of hydrogen-bond acceptors (Lipinski definition) is 7. The van der Waals surface area contributed by atoms with Crippen LogP contribution in [0.2, 0.25) is 0 Å². The number of benzene rings is 1. The summed E-state index contributed by atoms with van der Waals surface area (Å²) < 4.78 is 21.1. The second-order valence-electron chi connectivity index (χ2n) is 5.05. The van der Waals surface area contributed by atoms with Gasteiger partial charge in [0.1, 0.15) is 0 Å². The lowest BCUT2D eigenvalue weighted by Gasteiger charge is -2.15. The highest BCUT2D eigenvalue weighted by Gasteiger charge is 2.13. The highest BCUT2D eigenvalue weighted by atomic mass is 127. The van der Waals surface area contributed by atoms with E-state index in [1.165, 1.54) is 0 Å². The van der Waals surface area contributed by atoms with Gasteiger partial charge in [0.05, 0.1) is 27.9 Å².